The first-order valence-electron chi connectivity index (χ1n) is 9.81. The molecule has 1 aliphatic heterocycles. The van der Waals surface area contributed by atoms with E-state index in [4.69, 9.17) is 9.47 Å². The number of nitrogens with one attached hydrogen (secondary N) is 3. The predicted octanol–water partition coefficient (Wildman–Crippen LogP) is 3.99. The average molecular weight is 524 g/mol. The van der Waals surface area contributed by atoms with Gasteiger partial charge in [0.25, 0.3) is 0 Å². The van der Waals surface area contributed by atoms with Gasteiger partial charge < -0.3 is 25.1 Å². The van der Waals surface area contributed by atoms with Gasteiger partial charge in [-0.15, -0.1) is 24.0 Å². The highest BCUT2D eigenvalue weighted by Gasteiger charge is 2.11. The molecule has 3 N–H and O–H groups in total. The molecule has 30 heavy (non-hydrogen) atoms. The summed E-state index contributed by atoms with van der Waals surface area (Å²) in [5.41, 5.74) is 3.10. The van der Waals surface area contributed by atoms with Crippen molar-refractivity contribution < 1.29 is 13.9 Å². The number of ether oxygens (including phenoxy) is 2. The number of halogens is 2. The average Bonchev–Trinajstić information content (AvgIpc) is 2.97. The Morgan fingerprint density at radius 2 is 1.93 bits per heavy atom. The number of benzene rings is 2. The topological polar surface area (TPSA) is 70.7 Å². The molecule has 6 nitrogen and oxygen atoms in total. The molecule has 1 aliphatic rings. The molecule has 0 saturated carbocycles. The number of hydrogen-bond acceptors (Lipinski definition) is 3. The summed E-state index contributed by atoms with van der Waals surface area (Å²) < 4.78 is 24.9. The van der Waals surface area contributed by atoms with E-state index < -0.39 is 0 Å². The quantitative estimate of drug-likeness (QED) is 0.268. The van der Waals surface area contributed by atoms with E-state index in [9.17, 15) is 4.39 Å². The third kappa shape index (κ3) is 5.35. The van der Waals surface area contributed by atoms with Crippen molar-refractivity contribution in [1.82, 2.24) is 15.6 Å². The molecular formula is C22H26FIN4O2. The Labute approximate surface area is 192 Å². The summed E-state index contributed by atoms with van der Waals surface area (Å²) in [5, 5.41) is 7.53. The molecular weight excluding hydrogens is 498 g/mol. The van der Waals surface area contributed by atoms with Gasteiger partial charge in [0.2, 0.25) is 0 Å². The zero-order chi connectivity index (χ0) is 20.1. The van der Waals surface area contributed by atoms with Gasteiger partial charge in [-0.1, -0.05) is 6.07 Å². The third-order valence-electron chi connectivity index (χ3n) is 4.91. The fraction of sp³-hybridized carbons (Fsp3) is 0.318. The van der Waals surface area contributed by atoms with E-state index in [0.29, 0.717) is 32.3 Å². The van der Waals surface area contributed by atoms with Crippen molar-refractivity contribution in [2.24, 2.45) is 4.99 Å². The van der Waals surface area contributed by atoms with E-state index in [0.717, 1.165) is 46.4 Å². The molecule has 2 heterocycles. The second-order valence-corrected chi connectivity index (χ2v) is 6.94. The van der Waals surface area contributed by atoms with Crippen LogP contribution in [0.15, 0.2) is 47.6 Å². The summed E-state index contributed by atoms with van der Waals surface area (Å²) in [6, 6.07) is 10.8. The first kappa shape index (κ1) is 22.2. The highest BCUT2D eigenvalue weighted by Crippen LogP contribution is 2.30. The normalized spacial score (nSPS) is 13.5. The van der Waals surface area contributed by atoms with Gasteiger partial charge in [-0.25, -0.2) is 4.39 Å². The van der Waals surface area contributed by atoms with E-state index in [1.165, 1.54) is 6.07 Å². The number of guanidine groups is 1. The second-order valence-electron chi connectivity index (χ2n) is 6.94. The lowest BCUT2D eigenvalue weighted by Crippen LogP contribution is -2.37. The number of aromatic amines is 1. The van der Waals surface area contributed by atoms with Gasteiger partial charge in [-0.2, -0.15) is 0 Å². The van der Waals surface area contributed by atoms with E-state index in [1.807, 2.05) is 24.4 Å². The van der Waals surface area contributed by atoms with Crippen LogP contribution < -0.4 is 20.1 Å². The Morgan fingerprint density at radius 1 is 1.10 bits per heavy atom. The molecule has 0 aliphatic carbocycles. The van der Waals surface area contributed by atoms with Crippen molar-refractivity contribution in [3.63, 3.8) is 0 Å². The largest absolute Gasteiger partial charge is 0.490 e. The second kappa shape index (κ2) is 10.5. The summed E-state index contributed by atoms with van der Waals surface area (Å²) in [6.45, 7) is 2.66. The fourth-order valence-corrected chi connectivity index (χ4v) is 3.40. The van der Waals surface area contributed by atoms with Crippen LogP contribution >= 0.6 is 24.0 Å². The molecule has 3 aromatic rings. The minimum Gasteiger partial charge on any atom is -0.490 e. The van der Waals surface area contributed by atoms with Crippen LogP contribution in [0, 0.1) is 5.82 Å². The summed E-state index contributed by atoms with van der Waals surface area (Å²) in [7, 11) is 1.74. The van der Waals surface area contributed by atoms with Crippen molar-refractivity contribution >= 4 is 40.8 Å². The van der Waals surface area contributed by atoms with Gasteiger partial charge in [0.05, 0.1) is 13.2 Å². The molecule has 8 heteroatoms. The lowest BCUT2D eigenvalue weighted by Gasteiger charge is -2.13. The monoisotopic (exact) mass is 524 g/mol. The Kier molecular flexibility index (Phi) is 7.78. The molecule has 0 unspecified atom stereocenters. The van der Waals surface area contributed by atoms with E-state index >= 15 is 0 Å². The maximum atomic E-state index is 13.5. The van der Waals surface area contributed by atoms with Crippen molar-refractivity contribution in [3.05, 3.63) is 59.5 Å². The number of nitrogens with zero attached hydrogens (tertiary/aromatic N) is 1. The number of hydrogen-bond donors (Lipinski definition) is 3. The van der Waals surface area contributed by atoms with Gasteiger partial charge in [0, 0.05) is 43.7 Å². The van der Waals surface area contributed by atoms with Gasteiger partial charge in [0.1, 0.15) is 5.82 Å². The SMILES string of the molecule is CN=C(NCCc1c[nH]c2ccc(F)cc12)NCc1ccc2c(c1)OCCCO2.I. The maximum absolute atomic E-state index is 13.5. The smallest absolute Gasteiger partial charge is 0.191 e. The third-order valence-corrected chi connectivity index (χ3v) is 4.91. The highest BCUT2D eigenvalue weighted by atomic mass is 127. The summed E-state index contributed by atoms with van der Waals surface area (Å²) in [6.07, 6.45) is 3.58. The van der Waals surface area contributed by atoms with Crippen LogP contribution in [-0.4, -0.2) is 37.7 Å². The zero-order valence-electron chi connectivity index (χ0n) is 16.8. The van der Waals surface area contributed by atoms with Crippen LogP contribution in [-0.2, 0) is 13.0 Å². The van der Waals surface area contributed by atoms with Crippen LogP contribution in [0.5, 0.6) is 11.5 Å². The van der Waals surface area contributed by atoms with Crippen molar-refractivity contribution in [2.45, 2.75) is 19.4 Å². The first-order valence-corrected chi connectivity index (χ1v) is 9.81. The predicted molar refractivity (Wildman–Crippen MR) is 128 cm³/mol. The van der Waals surface area contributed by atoms with Gasteiger partial charge >= 0.3 is 0 Å². The molecule has 0 fully saturated rings. The van der Waals surface area contributed by atoms with Crippen LogP contribution in [0.2, 0.25) is 0 Å². The van der Waals surface area contributed by atoms with Crippen LogP contribution in [0.25, 0.3) is 10.9 Å². The molecule has 0 atom stereocenters. The van der Waals surface area contributed by atoms with Crippen LogP contribution in [0.1, 0.15) is 17.5 Å². The molecule has 1 aromatic heterocycles. The van der Waals surface area contributed by atoms with Crippen LogP contribution in [0.3, 0.4) is 0 Å². The maximum Gasteiger partial charge on any atom is 0.191 e. The Bertz CT molecular complexity index is 1020. The molecule has 4 rings (SSSR count). The molecule has 0 radical (unpaired) electrons. The Hall–Kier alpha value is -2.49. The lowest BCUT2D eigenvalue weighted by atomic mass is 10.1. The lowest BCUT2D eigenvalue weighted by molar-refractivity contribution is 0.297. The van der Waals surface area contributed by atoms with Crippen molar-refractivity contribution in [1.29, 1.82) is 0 Å². The Balaban J connectivity index is 0.00000256. The molecule has 0 amide bonds. The van der Waals surface area contributed by atoms with Gasteiger partial charge in [-0.3, -0.25) is 4.99 Å². The minimum absolute atomic E-state index is 0. The van der Waals surface area contributed by atoms with E-state index in [1.54, 1.807) is 19.2 Å². The zero-order valence-corrected chi connectivity index (χ0v) is 19.2. The number of aromatic nitrogens is 1. The number of aliphatic imine (C=N–C) groups is 1. The van der Waals surface area contributed by atoms with Gasteiger partial charge in [0.15, 0.2) is 17.5 Å². The molecule has 2 aromatic carbocycles. The summed E-state index contributed by atoms with van der Waals surface area (Å²) in [5.74, 6) is 2.07. The molecule has 160 valence electrons. The van der Waals surface area contributed by atoms with Crippen molar-refractivity contribution in [2.75, 3.05) is 26.8 Å². The van der Waals surface area contributed by atoms with E-state index in [2.05, 4.69) is 20.6 Å². The molecule has 0 bridgehead atoms. The first-order chi connectivity index (χ1) is 14.2. The van der Waals surface area contributed by atoms with Gasteiger partial charge in [-0.05, 0) is 47.9 Å². The number of rotatable bonds is 5. The van der Waals surface area contributed by atoms with Crippen molar-refractivity contribution in [3.8, 4) is 11.5 Å². The summed E-state index contributed by atoms with van der Waals surface area (Å²) in [4.78, 5) is 7.45. The number of H-pyrrole nitrogens is 1. The number of fused-ring (bicyclic) bond motifs is 2. The highest BCUT2D eigenvalue weighted by molar-refractivity contribution is 14.0. The standard InChI is InChI=1S/C22H25FN4O2.HI/c1-24-22(25-8-7-16-14-26-19-5-4-17(23)12-18(16)19)27-13-15-3-6-20-21(11-15)29-10-2-9-28-20;/h3-6,11-12,14,26H,2,7-10,13H2,1H3,(H2,24,25,27);1H. The van der Waals surface area contributed by atoms with Crippen LogP contribution in [0.4, 0.5) is 4.39 Å². The fourth-order valence-electron chi connectivity index (χ4n) is 3.40. The Morgan fingerprint density at radius 3 is 2.77 bits per heavy atom. The van der Waals surface area contributed by atoms with E-state index in [-0.39, 0.29) is 29.8 Å². The summed E-state index contributed by atoms with van der Waals surface area (Å²) >= 11 is 0. The molecule has 0 saturated heterocycles. The minimum atomic E-state index is -0.223. The molecule has 0 spiro atoms.